The molecule has 76 valence electrons. The van der Waals surface area contributed by atoms with Gasteiger partial charge < -0.3 is 0 Å². The molecule has 1 aromatic carbocycles. The number of azide groups is 1. The average Bonchev–Trinajstić information content (AvgIpc) is 2.16. The summed E-state index contributed by atoms with van der Waals surface area (Å²) in [6, 6.07) is 4.00. The lowest BCUT2D eigenvalue weighted by Crippen LogP contribution is -2.07. The van der Waals surface area contributed by atoms with E-state index in [9.17, 15) is 13.2 Å². The number of nitrogens with zero attached hydrogens (tertiary/aromatic N) is 4. The molecule has 0 N–H and O–H groups in total. The average molecular weight is 212 g/mol. The smallest absolute Gasteiger partial charge is 0.192 e. The molecule has 1 aromatic rings. The minimum absolute atomic E-state index is 0.0259. The van der Waals surface area contributed by atoms with Crippen LogP contribution in [-0.4, -0.2) is 0 Å². The van der Waals surface area contributed by atoms with Crippen LogP contribution in [0.3, 0.4) is 0 Å². The van der Waals surface area contributed by atoms with Gasteiger partial charge in [-0.25, -0.2) is 0 Å². The zero-order valence-corrected chi connectivity index (χ0v) is 7.15. The summed E-state index contributed by atoms with van der Waals surface area (Å²) in [5, 5.41) is 11.6. The van der Waals surface area contributed by atoms with Crippen LogP contribution in [-0.2, 0) is 6.18 Å². The van der Waals surface area contributed by atoms with E-state index in [1.54, 1.807) is 0 Å². The molecule has 0 aliphatic heterocycles. The van der Waals surface area contributed by atoms with Crippen molar-refractivity contribution < 1.29 is 13.2 Å². The van der Waals surface area contributed by atoms with Crippen LogP contribution in [0.1, 0.15) is 11.1 Å². The van der Waals surface area contributed by atoms with Gasteiger partial charge in [-0.05, 0) is 17.7 Å². The zero-order valence-electron chi connectivity index (χ0n) is 7.15. The molecule has 0 spiro atoms. The number of nitriles is 1. The fourth-order valence-electron chi connectivity index (χ4n) is 0.986. The predicted molar refractivity (Wildman–Crippen MR) is 45.0 cm³/mol. The largest absolute Gasteiger partial charge is 0.417 e. The molecule has 15 heavy (non-hydrogen) atoms. The maximum atomic E-state index is 12.3. The van der Waals surface area contributed by atoms with E-state index in [4.69, 9.17) is 10.8 Å². The lowest BCUT2D eigenvalue weighted by Gasteiger charge is -2.08. The Labute approximate surface area is 82.2 Å². The van der Waals surface area contributed by atoms with Crippen molar-refractivity contribution in [3.63, 3.8) is 0 Å². The van der Waals surface area contributed by atoms with Gasteiger partial charge in [-0.2, -0.15) is 18.4 Å². The SMILES string of the molecule is N#Cc1cc(N=[N+]=[N-])ccc1C(F)(F)F. The molecular weight excluding hydrogens is 209 g/mol. The lowest BCUT2D eigenvalue weighted by molar-refractivity contribution is -0.137. The maximum absolute atomic E-state index is 12.3. The third kappa shape index (κ3) is 2.39. The number of hydrogen-bond donors (Lipinski definition) is 0. The molecule has 0 fully saturated rings. The Hall–Kier alpha value is -2.19. The summed E-state index contributed by atoms with van der Waals surface area (Å²) in [5.41, 5.74) is 6.44. The van der Waals surface area contributed by atoms with Gasteiger partial charge in [-0.3, -0.25) is 0 Å². The Morgan fingerprint density at radius 3 is 2.53 bits per heavy atom. The second kappa shape index (κ2) is 3.90. The highest BCUT2D eigenvalue weighted by Gasteiger charge is 2.33. The van der Waals surface area contributed by atoms with Crippen LogP contribution in [0.2, 0.25) is 0 Å². The maximum Gasteiger partial charge on any atom is 0.417 e. The van der Waals surface area contributed by atoms with Gasteiger partial charge in [0.05, 0.1) is 17.2 Å². The van der Waals surface area contributed by atoms with E-state index in [1.165, 1.54) is 6.07 Å². The van der Waals surface area contributed by atoms with Crippen molar-refractivity contribution in [2.45, 2.75) is 6.18 Å². The monoisotopic (exact) mass is 212 g/mol. The van der Waals surface area contributed by atoms with Crippen molar-refractivity contribution in [3.8, 4) is 6.07 Å². The quantitative estimate of drug-likeness (QED) is 0.398. The van der Waals surface area contributed by atoms with Crippen LogP contribution < -0.4 is 0 Å². The minimum Gasteiger partial charge on any atom is -0.192 e. The van der Waals surface area contributed by atoms with E-state index in [2.05, 4.69) is 10.0 Å². The fourth-order valence-corrected chi connectivity index (χ4v) is 0.986. The van der Waals surface area contributed by atoms with Gasteiger partial charge >= 0.3 is 6.18 Å². The number of halogens is 3. The van der Waals surface area contributed by atoms with Gasteiger partial charge in [0.25, 0.3) is 0 Å². The molecule has 0 aliphatic rings. The standard InChI is InChI=1S/C8H3F3N4/c9-8(10,11)7-2-1-6(14-15-13)3-5(7)4-12/h1-3H. The second-order valence-corrected chi connectivity index (χ2v) is 2.53. The highest BCUT2D eigenvalue weighted by Crippen LogP contribution is 2.33. The van der Waals surface area contributed by atoms with Crippen LogP contribution in [0, 0.1) is 11.3 Å². The van der Waals surface area contributed by atoms with Gasteiger partial charge in [0.15, 0.2) is 0 Å². The molecule has 0 radical (unpaired) electrons. The van der Waals surface area contributed by atoms with E-state index in [-0.39, 0.29) is 5.69 Å². The normalized spacial score (nSPS) is 10.3. The molecule has 0 heterocycles. The first-order valence-corrected chi connectivity index (χ1v) is 3.65. The Kier molecular flexibility index (Phi) is 2.83. The number of hydrogen-bond acceptors (Lipinski definition) is 2. The molecule has 0 amide bonds. The molecule has 0 bridgehead atoms. The first-order chi connectivity index (χ1) is 6.99. The van der Waals surface area contributed by atoms with E-state index in [1.807, 2.05) is 0 Å². The molecule has 0 saturated heterocycles. The van der Waals surface area contributed by atoms with Gasteiger partial charge in [-0.15, -0.1) is 0 Å². The molecule has 0 aliphatic carbocycles. The molecule has 1 rings (SSSR count). The number of benzene rings is 1. The van der Waals surface area contributed by atoms with E-state index < -0.39 is 17.3 Å². The molecular formula is C8H3F3N4. The topological polar surface area (TPSA) is 72.5 Å². The van der Waals surface area contributed by atoms with Crippen molar-refractivity contribution in [3.05, 3.63) is 39.8 Å². The van der Waals surface area contributed by atoms with Gasteiger partial charge in [0.1, 0.15) is 0 Å². The Morgan fingerprint density at radius 2 is 2.07 bits per heavy atom. The summed E-state index contributed by atoms with van der Waals surface area (Å²) in [6.45, 7) is 0. The second-order valence-electron chi connectivity index (χ2n) is 2.53. The predicted octanol–water partition coefficient (Wildman–Crippen LogP) is 3.52. The summed E-state index contributed by atoms with van der Waals surface area (Å²) in [7, 11) is 0. The van der Waals surface area contributed by atoms with E-state index in [0.29, 0.717) is 6.07 Å². The molecule has 0 atom stereocenters. The molecule has 0 saturated carbocycles. The Balaban J connectivity index is 3.35. The summed E-state index contributed by atoms with van der Waals surface area (Å²) >= 11 is 0. The molecule has 0 unspecified atom stereocenters. The zero-order chi connectivity index (χ0) is 11.5. The van der Waals surface area contributed by atoms with Gasteiger partial charge in [0.2, 0.25) is 0 Å². The van der Waals surface area contributed by atoms with Crippen LogP contribution >= 0.6 is 0 Å². The summed E-state index contributed by atoms with van der Waals surface area (Å²) in [6.07, 6.45) is -4.58. The minimum atomic E-state index is -4.58. The van der Waals surface area contributed by atoms with Crippen LogP contribution in [0.4, 0.5) is 18.9 Å². The van der Waals surface area contributed by atoms with Gasteiger partial charge in [-0.1, -0.05) is 11.2 Å². The summed E-state index contributed by atoms with van der Waals surface area (Å²) < 4.78 is 36.9. The van der Waals surface area contributed by atoms with Crippen molar-refractivity contribution >= 4 is 5.69 Å². The third-order valence-corrected chi connectivity index (χ3v) is 1.59. The van der Waals surface area contributed by atoms with Crippen LogP contribution in [0.5, 0.6) is 0 Å². The Morgan fingerprint density at radius 1 is 1.40 bits per heavy atom. The third-order valence-electron chi connectivity index (χ3n) is 1.59. The highest BCUT2D eigenvalue weighted by molar-refractivity contribution is 5.50. The van der Waals surface area contributed by atoms with Crippen molar-refractivity contribution in [1.29, 1.82) is 5.26 Å². The fraction of sp³-hybridized carbons (Fsp3) is 0.125. The van der Waals surface area contributed by atoms with Gasteiger partial charge in [0, 0.05) is 10.6 Å². The van der Waals surface area contributed by atoms with Crippen molar-refractivity contribution in [2.24, 2.45) is 5.11 Å². The van der Waals surface area contributed by atoms with Crippen LogP contribution in [0.15, 0.2) is 23.3 Å². The highest BCUT2D eigenvalue weighted by atomic mass is 19.4. The molecule has 7 heteroatoms. The van der Waals surface area contributed by atoms with Crippen LogP contribution in [0.25, 0.3) is 10.4 Å². The number of rotatable bonds is 1. The molecule has 4 nitrogen and oxygen atoms in total. The summed E-state index contributed by atoms with van der Waals surface area (Å²) in [5.74, 6) is 0. The molecule has 0 aromatic heterocycles. The Bertz CT molecular complexity index is 466. The van der Waals surface area contributed by atoms with Crippen molar-refractivity contribution in [1.82, 2.24) is 0 Å². The lowest BCUT2D eigenvalue weighted by atomic mass is 10.1. The number of alkyl halides is 3. The van der Waals surface area contributed by atoms with E-state index in [0.717, 1.165) is 12.1 Å². The summed E-state index contributed by atoms with van der Waals surface area (Å²) in [4.78, 5) is 2.41. The first-order valence-electron chi connectivity index (χ1n) is 3.65. The van der Waals surface area contributed by atoms with E-state index >= 15 is 0 Å². The van der Waals surface area contributed by atoms with Crippen molar-refractivity contribution in [2.75, 3.05) is 0 Å². The first kappa shape index (κ1) is 10.9.